The molecule has 0 aliphatic heterocycles. The Labute approximate surface area is 237 Å². The Bertz CT molecular complexity index is 1980. The zero-order valence-electron chi connectivity index (χ0n) is 21.8. The predicted molar refractivity (Wildman–Crippen MR) is 171 cm³/mol. The van der Waals surface area contributed by atoms with Crippen LogP contribution in [0.3, 0.4) is 0 Å². The van der Waals surface area contributed by atoms with Gasteiger partial charge in [0.25, 0.3) is 0 Å². The van der Waals surface area contributed by atoms with Crippen LogP contribution in [-0.2, 0) is 0 Å². The van der Waals surface area contributed by atoms with Crippen LogP contribution >= 0.6 is 11.3 Å². The predicted octanol–water partition coefficient (Wildman–Crippen LogP) is 10.0. The Morgan fingerprint density at radius 3 is 1.90 bits per heavy atom. The summed E-state index contributed by atoms with van der Waals surface area (Å²) in [6.45, 7) is 0. The fourth-order valence-corrected chi connectivity index (χ4v) is 6.34. The largest absolute Gasteiger partial charge is 0.301 e. The number of fused-ring (bicyclic) bond motifs is 3. The molecule has 0 spiro atoms. The molecular weight excluding hydrogens is 504 g/mol. The Morgan fingerprint density at radius 2 is 1.20 bits per heavy atom. The van der Waals surface area contributed by atoms with Crippen LogP contribution in [0.25, 0.3) is 43.5 Å². The maximum absolute atomic E-state index is 8.78. The van der Waals surface area contributed by atoms with Gasteiger partial charge in [0.15, 0.2) is 0 Å². The Balaban J connectivity index is 1.32. The third-order valence-electron chi connectivity index (χ3n) is 7.38. The molecule has 0 amide bonds. The molecule has 7 aromatic rings. The summed E-state index contributed by atoms with van der Waals surface area (Å²) in [5, 5.41) is 13.5. The van der Waals surface area contributed by atoms with E-state index < -0.39 is 0 Å². The first kappa shape index (κ1) is 24.1. The van der Waals surface area contributed by atoms with Gasteiger partial charge in [0.2, 0.25) is 0 Å². The Morgan fingerprint density at radius 1 is 0.575 bits per heavy atom. The van der Waals surface area contributed by atoms with E-state index in [-0.39, 0.29) is 0 Å². The molecule has 0 aliphatic rings. The van der Waals surface area contributed by atoms with E-state index in [1.165, 1.54) is 32.2 Å². The van der Waals surface area contributed by atoms with Gasteiger partial charge in [-0.05, 0) is 75.2 Å². The summed E-state index contributed by atoms with van der Waals surface area (Å²) in [4.78, 5) is 1.25. The van der Waals surface area contributed by atoms with Crippen molar-refractivity contribution in [3.05, 3.63) is 168 Å². The first-order chi connectivity index (χ1) is 19.8. The third-order valence-corrected chi connectivity index (χ3v) is 8.28. The fourth-order valence-electron chi connectivity index (χ4n) is 5.39. The lowest BCUT2D eigenvalue weighted by Crippen LogP contribution is -1.98. The van der Waals surface area contributed by atoms with Gasteiger partial charge in [-0.25, -0.2) is 0 Å². The quantitative estimate of drug-likeness (QED) is 0.207. The lowest BCUT2D eigenvalue weighted by atomic mass is 9.95. The molecule has 2 nitrogen and oxygen atoms in total. The number of benzene rings is 5. The first-order valence-corrected chi connectivity index (χ1v) is 14.2. The van der Waals surface area contributed by atoms with Gasteiger partial charge in [0.05, 0.1) is 11.2 Å². The molecule has 40 heavy (non-hydrogen) atoms. The summed E-state index contributed by atoms with van der Waals surface area (Å²) >= 11 is 1.77. The van der Waals surface area contributed by atoms with Crippen LogP contribution < -0.4 is 0 Å². The summed E-state index contributed by atoms with van der Waals surface area (Å²) in [5.74, 6) is 0. The molecule has 0 saturated carbocycles. The molecule has 0 fully saturated rings. The molecule has 0 bridgehead atoms. The Kier molecular flexibility index (Phi) is 6.19. The summed E-state index contributed by atoms with van der Waals surface area (Å²) in [7, 11) is 0. The van der Waals surface area contributed by atoms with Crippen molar-refractivity contribution in [3.63, 3.8) is 0 Å². The van der Waals surface area contributed by atoms with Crippen LogP contribution in [-0.4, -0.2) is 10.3 Å². The van der Waals surface area contributed by atoms with Gasteiger partial charge in [0.1, 0.15) is 4.83 Å². The van der Waals surface area contributed by atoms with E-state index in [0.717, 1.165) is 28.0 Å². The minimum Gasteiger partial charge on any atom is -0.301 e. The molecule has 5 aromatic carbocycles. The minimum absolute atomic E-state index is 0.495. The zero-order valence-corrected chi connectivity index (χ0v) is 22.6. The maximum atomic E-state index is 8.78. The molecule has 0 saturated heterocycles. The van der Waals surface area contributed by atoms with Gasteiger partial charge in [0, 0.05) is 16.5 Å². The highest BCUT2D eigenvalue weighted by atomic mass is 32.1. The van der Waals surface area contributed by atoms with Crippen LogP contribution in [0.15, 0.2) is 151 Å². The Hall–Kier alpha value is -4.99. The van der Waals surface area contributed by atoms with Crippen LogP contribution in [0, 0.1) is 5.41 Å². The maximum Gasteiger partial charge on any atom is 0.108 e. The monoisotopic (exact) mass is 530 g/mol. The summed E-state index contributed by atoms with van der Waals surface area (Å²) in [6.07, 6.45) is 1.98. The van der Waals surface area contributed by atoms with Crippen molar-refractivity contribution in [1.29, 1.82) is 5.41 Å². The summed E-state index contributed by atoms with van der Waals surface area (Å²) in [6, 6.07) is 48.6. The number of rotatable bonds is 6. The van der Waals surface area contributed by atoms with Crippen LogP contribution in [0.4, 0.5) is 0 Å². The van der Waals surface area contributed by atoms with Crippen LogP contribution in [0.2, 0.25) is 0 Å². The van der Waals surface area contributed by atoms with Gasteiger partial charge in [-0.2, -0.15) is 0 Å². The number of nitrogens with one attached hydrogen (secondary N) is 1. The minimum atomic E-state index is 0.495. The molecular formula is C37H26N2S. The molecule has 1 N–H and O–H groups in total. The zero-order chi connectivity index (χ0) is 26.9. The second kappa shape index (κ2) is 10.3. The molecule has 3 heteroatoms. The number of hydrogen-bond donors (Lipinski definition) is 1. The van der Waals surface area contributed by atoms with Crippen molar-refractivity contribution in [2.75, 3.05) is 0 Å². The van der Waals surface area contributed by atoms with Gasteiger partial charge >= 0.3 is 0 Å². The highest BCUT2D eigenvalue weighted by Gasteiger charge is 2.15. The number of nitrogens with zero attached hydrogens (tertiary/aromatic N) is 1. The lowest BCUT2D eigenvalue weighted by molar-refractivity contribution is 1.19. The number of allylic oxidation sites excluding steroid dienone is 1. The van der Waals surface area contributed by atoms with E-state index in [2.05, 4.69) is 101 Å². The fraction of sp³-hybridized carbons (Fsp3) is 0. The topological polar surface area (TPSA) is 28.8 Å². The molecule has 0 unspecified atom stereocenters. The average Bonchev–Trinajstić information content (AvgIpc) is 3.62. The molecule has 2 heterocycles. The van der Waals surface area contributed by atoms with Crippen molar-refractivity contribution < 1.29 is 0 Å². The van der Waals surface area contributed by atoms with E-state index in [1.54, 1.807) is 11.3 Å². The van der Waals surface area contributed by atoms with Crippen molar-refractivity contribution in [2.24, 2.45) is 0 Å². The number of thiophene rings is 1. The highest BCUT2D eigenvalue weighted by molar-refractivity contribution is 7.17. The van der Waals surface area contributed by atoms with Gasteiger partial charge in [-0.3, -0.25) is 0 Å². The smallest absolute Gasteiger partial charge is 0.108 e. The molecule has 190 valence electrons. The van der Waals surface area contributed by atoms with Crippen molar-refractivity contribution in [1.82, 2.24) is 4.57 Å². The first-order valence-electron chi connectivity index (χ1n) is 13.4. The van der Waals surface area contributed by atoms with E-state index in [4.69, 9.17) is 5.41 Å². The van der Waals surface area contributed by atoms with Crippen LogP contribution in [0.1, 0.15) is 16.7 Å². The van der Waals surface area contributed by atoms with E-state index >= 15 is 0 Å². The van der Waals surface area contributed by atoms with Crippen molar-refractivity contribution in [3.8, 4) is 16.8 Å². The van der Waals surface area contributed by atoms with Gasteiger partial charge in [-0.15, -0.1) is 11.3 Å². The molecule has 0 atom stereocenters. The van der Waals surface area contributed by atoms with Crippen molar-refractivity contribution >= 4 is 43.7 Å². The highest BCUT2D eigenvalue weighted by Crippen LogP contribution is 2.38. The molecule has 2 aromatic heterocycles. The summed E-state index contributed by atoms with van der Waals surface area (Å²) in [5.41, 5.74) is 9.40. The second-order valence-corrected chi connectivity index (χ2v) is 10.7. The molecule has 0 aliphatic carbocycles. The standard InChI is InChI=1S/C37H26N2S/c38-35(29-14-8-3-9-15-29)25-33(27-12-6-2-7-13-27)28-16-19-31(20-17-28)39-36-21-18-30(26-10-4-1-5-11-26)24-34(36)32-22-23-40-37(32)39/h1-25,38H/b33-25-,38-35?. The number of hydrogen-bond acceptors (Lipinski definition) is 2. The van der Waals surface area contributed by atoms with E-state index in [0.29, 0.717) is 5.71 Å². The normalized spacial score (nSPS) is 11.8. The molecule has 7 rings (SSSR count). The van der Waals surface area contributed by atoms with Gasteiger partial charge < -0.3 is 9.98 Å². The molecule has 0 radical (unpaired) electrons. The second-order valence-electron chi connectivity index (χ2n) is 9.82. The summed E-state index contributed by atoms with van der Waals surface area (Å²) < 4.78 is 2.37. The van der Waals surface area contributed by atoms with Crippen LogP contribution in [0.5, 0.6) is 0 Å². The SMILES string of the molecule is N=C(/C=C(/c1ccccc1)c1ccc(-n2c3ccc(-c4ccccc4)cc3c3ccsc32)cc1)c1ccccc1. The third kappa shape index (κ3) is 4.37. The number of aromatic nitrogens is 1. The average molecular weight is 531 g/mol. The van der Waals surface area contributed by atoms with Gasteiger partial charge in [-0.1, -0.05) is 109 Å². The van der Waals surface area contributed by atoms with E-state index in [9.17, 15) is 0 Å². The van der Waals surface area contributed by atoms with E-state index in [1.807, 2.05) is 54.6 Å². The van der Waals surface area contributed by atoms with Crippen molar-refractivity contribution in [2.45, 2.75) is 0 Å². The lowest BCUT2D eigenvalue weighted by Gasteiger charge is -2.12.